The van der Waals surface area contributed by atoms with Crippen molar-refractivity contribution in [2.24, 2.45) is 0 Å². The Morgan fingerprint density at radius 1 is 1.29 bits per heavy atom. The third-order valence-corrected chi connectivity index (χ3v) is 3.60. The molecule has 0 aliphatic carbocycles. The van der Waals surface area contributed by atoms with Crippen molar-refractivity contribution in [2.75, 3.05) is 44.7 Å². The average Bonchev–Trinajstić information content (AvgIpc) is 2.63. The molecule has 1 heterocycles. The maximum absolute atomic E-state index is 12.0. The summed E-state index contributed by atoms with van der Waals surface area (Å²) in [7, 11) is 0. The molecule has 2 rings (SSSR count). The predicted octanol–water partition coefficient (Wildman–Crippen LogP) is 0.826. The summed E-state index contributed by atoms with van der Waals surface area (Å²) in [5.41, 5.74) is 0.956. The molecule has 0 bridgehead atoms. The Balaban J connectivity index is 1.86. The van der Waals surface area contributed by atoms with Crippen molar-refractivity contribution >= 4 is 11.6 Å². The molecule has 124 valence electrons. The topological polar surface area (TPSA) is 101 Å². The molecule has 1 fully saturated rings. The number of nitrogens with one attached hydrogen (secondary N) is 2. The third-order valence-electron chi connectivity index (χ3n) is 3.60. The molecule has 0 unspecified atom stereocenters. The lowest BCUT2D eigenvalue weighted by Crippen LogP contribution is -2.41. The fraction of sp³-hybridized carbons (Fsp3) is 0.353. The summed E-state index contributed by atoms with van der Waals surface area (Å²) in [4.78, 5) is 14.2. The first kappa shape index (κ1) is 17.5. The second-order valence-electron chi connectivity index (χ2n) is 5.18. The maximum atomic E-state index is 12.0. The lowest BCUT2D eigenvalue weighted by molar-refractivity contribution is -0.117. The Bertz CT molecular complexity index is 681. The number of amides is 1. The number of morpholine rings is 1. The van der Waals surface area contributed by atoms with Gasteiger partial charge in [0.2, 0.25) is 0 Å². The highest BCUT2D eigenvalue weighted by Gasteiger charge is 2.12. The molecule has 1 aliphatic heterocycles. The molecule has 0 aromatic heterocycles. The number of nitriles is 2. The first-order valence-corrected chi connectivity index (χ1v) is 7.69. The lowest BCUT2D eigenvalue weighted by atomic mass is 10.2. The Labute approximate surface area is 141 Å². The van der Waals surface area contributed by atoms with Gasteiger partial charge in [0.05, 0.1) is 24.5 Å². The van der Waals surface area contributed by atoms with E-state index in [1.54, 1.807) is 24.3 Å². The van der Waals surface area contributed by atoms with Crippen molar-refractivity contribution in [3.05, 3.63) is 41.6 Å². The summed E-state index contributed by atoms with van der Waals surface area (Å²) in [5.74, 6) is -0.437. The summed E-state index contributed by atoms with van der Waals surface area (Å²) in [6, 6.07) is 10.8. The largest absolute Gasteiger partial charge is 0.379 e. The fourth-order valence-corrected chi connectivity index (χ4v) is 2.25. The van der Waals surface area contributed by atoms with Crippen molar-refractivity contribution in [1.82, 2.24) is 10.2 Å². The van der Waals surface area contributed by atoms with Gasteiger partial charge in [0.15, 0.2) is 0 Å². The van der Waals surface area contributed by atoms with Crippen molar-refractivity contribution in [3.63, 3.8) is 0 Å². The summed E-state index contributed by atoms with van der Waals surface area (Å²) in [5, 5.41) is 23.7. The minimum absolute atomic E-state index is 0.0373. The molecule has 0 saturated carbocycles. The van der Waals surface area contributed by atoms with Gasteiger partial charge in [-0.15, -0.1) is 0 Å². The second-order valence-corrected chi connectivity index (χ2v) is 5.18. The summed E-state index contributed by atoms with van der Waals surface area (Å²) in [6.07, 6.45) is 1.32. The van der Waals surface area contributed by atoms with Gasteiger partial charge >= 0.3 is 0 Å². The van der Waals surface area contributed by atoms with Crippen LogP contribution < -0.4 is 10.6 Å². The monoisotopic (exact) mass is 325 g/mol. The van der Waals surface area contributed by atoms with Crippen LogP contribution in [0.25, 0.3) is 0 Å². The first-order chi connectivity index (χ1) is 11.7. The molecule has 1 amide bonds. The highest BCUT2D eigenvalue weighted by atomic mass is 16.5. The number of hydrogen-bond donors (Lipinski definition) is 2. The zero-order valence-electron chi connectivity index (χ0n) is 13.3. The van der Waals surface area contributed by atoms with Crippen LogP contribution in [0, 0.1) is 22.7 Å². The number of para-hydroxylation sites is 1. The number of anilines is 1. The summed E-state index contributed by atoms with van der Waals surface area (Å²) in [6.45, 7) is 4.30. The fourth-order valence-electron chi connectivity index (χ4n) is 2.25. The smallest absolute Gasteiger partial charge is 0.263 e. The van der Waals surface area contributed by atoms with E-state index in [4.69, 9.17) is 15.3 Å². The molecule has 0 spiro atoms. The zero-order valence-corrected chi connectivity index (χ0v) is 13.3. The van der Waals surface area contributed by atoms with Crippen LogP contribution in [-0.4, -0.2) is 50.2 Å². The molecule has 1 aromatic carbocycles. The molecule has 1 aliphatic rings. The van der Waals surface area contributed by atoms with Crippen LogP contribution in [-0.2, 0) is 9.53 Å². The molecular formula is C17H19N5O2. The molecule has 1 aromatic rings. The van der Waals surface area contributed by atoms with Gasteiger partial charge < -0.3 is 15.4 Å². The van der Waals surface area contributed by atoms with Crippen molar-refractivity contribution in [2.45, 2.75) is 0 Å². The van der Waals surface area contributed by atoms with Crippen LogP contribution in [0.1, 0.15) is 5.56 Å². The summed E-state index contributed by atoms with van der Waals surface area (Å²) < 4.78 is 5.26. The molecule has 24 heavy (non-hydrogen) atoms. The molecule has 7 heteroatoms. The van der Waals surface area contributed by atoms with Crippen molar-refractivity contribution in [1.29, 1.82) is 10.5 Å². The number of rotatable bonds is 6. The first-order valence-electron chi connectivity index (χ1n) is 7.69. The summed E-state index contributed by atoms with van der Waals surface area (Å²) >= 11 is 0. The van der Waals surface area contributed by atoms with E-state index in [0.29, 0.717) is 31.0 Å². The number of carbonyl (C=O) groups excluding carboxylic acids is 1. The van der Waals surface area contributed by atoms with E-state index < -0.39 is 5.91 Å². The number of carbonyl (C=O) groups is 1. The van der Waals surface area contributed by atoms with Gasteiger partial charge in [-0.2, -0.15) is 10.5 Å². The Hall–Kier alpha value is -2.87. The number of benzene rings is 1. The molecular weight excluding hydrogens is 306 g/mol. The third kappa shape index (κ3) is 5.10. The van der Waals surface area contributed by atoms with Crippen LogP contribution >= 0.6 is 0 Å². The quantitative estimate of drug-likeness (QED) is 0.593. The van der Waals surface area contributed by atoms with Gasteiger partial charge in [-0.1, -0.05) is 12.1 Å². The van der Waals surface area contributed by atoms with Gasteiger partial charge in [0.1, 0.15) is 17.7 Å². The molecule has 7 nitrogen and oxygen atoms in total. The van der Waals surface area contributed by atoms with E-state index >= 15 is 0 Å². The molecule has 0 atom stereocenters. The highest BCUT2D eigenvalue weighted by molar-refractivity contribution is 5.97. The average molecular weight is 325 g/mol. The zero-order chi connectivity index (χ0) is 17.2. The van der Waals surface area contributed by atoms with Gasteiger partial charge in [0.25, 0.3) is 5.91 Å². The van der Waals surface area contributed by atoms with Crippen molar-refractivity contribution < 1.29 is 9.53 Å². The molecule has 2 N–H and O–H groups in total. The minimum Gasteiger partial charge on any atom is -0.379 e. The second kappa shape index (κ2) is 9.31. The van der Waals surface area contributed by atoms with Crippen LogP contribution in [0.3, 0.4) is 0 Å². The number of hydrogen-bond acceptors (Lipinski definition) is 6. The van der Waals surface area contributed by atoms with Gasteiger partial charge in [0, 0.05) is 32.4 Å². The standard InChI is InChI=1S/C17H19N5O2/c18-11-14-3-1-2-4-16(14)21-13-15(12-19)17(23)20-5-6-22-7-9-24-10-8-22/h1-4,13,21H,5-10H2,(H,20,23)/b15-13-. The lowest BCUT2D eigenvalue weighted by Gasteiger charge is -2.26. The van der Waals surface area contributed by atoms with Crippen LogP contribution in [0.2, 0.25) is 0 Å². The van der Waals surface area contributed by atoms with E-state index in [1.807, 2.05) is 12.1 Å². The minimum atomic E-state index is -0.437. The van der Waals surface area contributed by atoms with Crippen LogP contribution in [0.15, 0.2) is 36.0 Å². The Morgan fingerprint density at radius 3 is 2.75 bits per heavy atom. The Kier molecular flexibility index (Phi) is 6.78. The molecule has 1 saturated heterocycles. The van der Waals surface area contributed by atoms with Gasteiger partial charge in [-0.05, 0) is 12.1 Å². The molecule has 0 radical (unpaired) electrons. The van der Waals surface area contributed by atoms with Crippen molar-refractivity contribution in [3.8, 4) is 12.1 Å². The van der Waals surface area contributed by atoms with Gasteiger partial charge in [-0.3, -0.25) is 9.69 Å². The number of nitrogens with zero attached hydrogens (tertiary/aromatic N) is 3. The number of ether oxygens (including phenoxy) is 1. The highest BCUT2D eigenvalue weighted by Crippen LogP contribution is 2.13. The predicted molar refractivity (Wildman–Crippen MR) is 88.7 cm³/mol. The van der Waals surface area contributed by atoms with Crippen LogP contribution in [0.4, 0.5) is 5.69 Å². The Morgan fingerprint density at radius 2 is 2.04 bits per heavy atom. The van der Waals surface area contributed by atoms with Crippen LogP contribution in [0.5, 0.6) is 0 Å². The normalized spacial score (nSPS) is 15.2. The van der Waals surface area contributed by atoms with E-state index in [9.17, 15) is 4.79 Å². The maximum Gasteiger partial charge on any atom is 0.263 e. The van der Waals surface area contributed by atoms with E-state index in [2.05, 4.69) is 15.5 Å². The van der Waals surface area contributed by atoms with E-state index in [0.717, 1.165) is 19.6 Å². The van der Waals surface area contributed by atoms with E-state index in [1.165, 1.54) is 6.20 Å². The van der Waals surface area contributed by atoms with Gasteiger partial charge in [-0.25, -0.2) is 0 Å². The SMILES string of the molecule is N#C/C(=C/Nc1ccccc1C#N)C(=O)NCCN1CCOCC1. The van der Waals surface area contributed by atoms with E-state index in [-0.39, 0.29) is 5.57 Å².